The number of hydrogen-bond acceptors (Lipinski definition) is 7. The molecule has 142 valence electrons. The molecule has 8 heteroatoms. The summed E-state index contributed by atoms with van der Waals surface area (Å²) in [6.45, 7) is 3.33. The molecule has 0 aliphatic carbocycles. The zero-order valence-corrected chi connectivity index (χ0v) is 15.2. The topological polar surface area (TPSA) is 120 Å². The summed E-state index contributed by atoms with van der Waals surface area (Å²) in [6.07, 6.45) is 1.31. The van der Waals surface area contributed by atoms with Gasteiger partial charge in [-0.15, -0.1) is 0 Å². The monoisotopic (exact) mass is 380 g/mol. The summed E-state index contributed by atoms with van der Waals surface area (Å²) in [7, 11) is 0. The second-order valence-corrected chi connectivity index (χ2v) is 5.61. The van der Waals surface area contributed by atoms with Gasteiger partial charge in [-0.25, -0.2) is 9.59 Å². The highest BCUT2D eigenvalue weighted by Crippen LogP contribution is 2.22. The summed E-state index contributed by atoms with van der Waals surface area (Å²) in [5, 5.41) is 20.1. The van der Waals surface area contributed by atoms with E-state index in [2.05, 4.69) is 0 Å². The molecule has 0 fully saturated rings. The lowest BCUT2D eigenvalue weighted by Gasteiger charge is -2.06. The highest BCUT2D eigenvalue weighted by molar-refractivity contribution is 5.98. The summed E-state index contributed by atoms with van der Waals surface area (Å²) >= 11 is 0. The van der Waals surface area contributed by atoms with E-state index in [1.165, 1.54) is 30.3 Å². The minimum absolute atomic E-state index is 0.0301. The molecule has 2 rings (SSSR count). The van der Waals surface area contributed by atoms with Crippen LogP contribution in [0.4, 0.5) is 5.69 Å². The second kappa shape index (κ2) is 9.09. The molecule has 0 heterocycles. The van der Waals surface area contributed by atoms with Gasteiger partial charge in [0, 0.05) is 11.6 Å². The molecule has 0 aliphatic rings. The van der Waals surface area contributed by atoms with Gasteiger partial charge in [-0.3, -0.25) is 10.1 Å². The molecule has 0 spiro atoms. The van der Waals surface area contributed by atoms with E-state index >= 15 is 0 Å². The minimum Gasteiger partial charge on any atom is -0.462 e. The first-order chi connectivity index (χ1) is 13.3. The maximum absolute atomic E-state index is 12.3. The molecule has 28 heavy (non-hydrogen) atoms. The molecule has 0 atom stereocenters. The number of carbonyl (C=O) groups excluding carboxylic acids is 2. The van der Waals surface area contributed by atoms with E-state index in [0.717, 1.165) is 6.07 Å². The molecule has 0 amide bonds. The largest absolute Gasteiger partial charge is 0.462 e. The Morgan fingerprint density at radius 3 is 2.64 bits per heavy atom. The van der Waals surface area contributed by atoms with E-state index in [9.17, 15) is 19.7 Å². The lowest BCUT2D eigenvalue weighted by Crippen LogP contribution is -2.09. The van der Waals surface area contributed by atoms with Crippen LogP contribution >= 0.6 is 0 Å². The van der Waals surface area contributed by atoms with Gasteiger partial charge < -0.3 is 9.47 Å². The molecule has 0 bridgehead atoms. The third kappa shape index (κ3) is 5.02. The predicted molar refractivity (Wildman–Crippen MR) is 99.5 cm³/mol. The Labute approximate surface area is 160 Å². The quantitative estimate of drug-likeness (QED) is 0.187. The fourth-order valence-electron chi connectivity index (χ4n) is 2.28. The molecule has 0 N–H and O–H groups in total. The molecule has 0 aliphatic heterocycles. The molecule has 0 aromatic heterocycles. The van der Waals surface area contributed by atoms with Crippen molar-refractivity contribution in [2.45, 2.75) is 13.8 Å². The zero-order chi connectivity index (χ0) is 20.7. The van der Waals surface area contributed by atoms with Crippen molar-refractivity contribution in [2.24, 2.45) is 0 Å². The van der Waals surface area contributed by atoms with Gasteiger partial charge in [0.05, 0.1) is 17.1 Å². The number of nitro groups is 1. The van der Waals surface area contributed by atoms with E-state index in [1.54, 1.807) is 32.0 Å². The van der Waals surface area contributed by atoms with Crippen molar-refractivity contribution in [3.63, 3.8) is 0 Å². The number of hydrogen-bond donors (Lipinski definition) is 0. The Morgan fingerprint density at radius 1 is 1.25 bits per heavy atom. The minimum atomic E-state index is -0.768. The number of nitro benzene ring substituents is 1. The maximum atomic E-state index is 12.3. The Bertz CT molecular complexity index is 1000. The highest BCUT2D eigenvalue weighted by Gasteiger charge is 2.17. The van der Waals surface area contributed by atoms with Crippen LogP contribution in [0.15, 0.2) is 48.0 Å². The number of rotatable bonds is 6. The summed E-state index contributed by atoms with van der Waals surface area (Å²) in [4.78, 5) is 34.4. The standard InChI is InChI=1S/C20H16N2O6/c1-3-27-19(23)16(12-21)9-14-5-4-6-17(10-14)28-20(24)15-8-7-13(2)18(11-15)22(25)26/h4-11H,3H2,1-2H3/b16-9+. The van der Waals surface area contributed by atoms with E-state index in [1.807, 2.05) is 0 Å². The first-order valence-electron chi connectivity index (χ1n) is 8.22. The normalized spacial score (nSPS) is 10.7. The van der Waals surface area contributed by atoms with Gasteiger partial charge in [0.15, 0.2) is 0 Å². The smallest absolute Gasteiger partial charge is 0.348 e. The fraction of sp³-hybridized carbons (Fsp3) is 0.150. The molecular weight excluding hydrogens is 364 g/mol. The number of benzene rings is 2. The Balaban J connectivity index is 2.24. The molecule has 0 unspecified atom stereocenters. The van der Waals surface area contributed by atoms with Crippen molar-refractivity contribution in [3.8, 4) is 11.8 Å². The number of esters is 2. The Morgan fingerprint density at radius 2 is 2.00 bits per heavy atom. The average molecular weight is 380 g/mol. The van der Waals surface area contributed by atoms with Crippen molar-refractivity contribution in [1.29, 1.82) is 5.26 Å². The zero-order valence-electron chi connectivity index (χ0n) is 15.2. The highest BCUT2D eigenvalue weighted by atomic mass is 16.6. The fourth-order valence-corrected chi connectivity index (χ4v) is 2.28. The van der Waals surface area contributed by atoms with Gasteiger partial charge in [-0.1, -0.05) is 18.2 Å². The van der Waals surface area contributed by atoms with Crippen molar-refractivity contribution >= 4 is 23.7 Å². The summed E-state index contributed by atoms with van der Waals surface area (Å²) in [5.74, 6) is -1.36. The first-order valence-corrected chi connectivity index (χ1v) is 8.22. The van der Waals surface area contributed by atoms with Crippen LogP contribution in [0.25, 0.3) is 6.08 Å². The summed E-state index contributed by atoms with van der Waals surface area (Å²) in [6, 6.07) is 12.0. The molecular formula is C20H16N2O6. The average Bonchev–Trinajstić information content (AvgIpc) is 2.66. The SMILES string of the molecule is CCOC(=O)/C(C#N)=C/c1cccc(OC(=O)c2ccc(C)c([N+](=O)[O-])c2)c1. The van der Waals surface area contributed by atoms with E-state index in [0.29, 0.717) is 11.1 Å². The molecule has 8 nitrogen and oxygen atoms in total. The van der Waals surface area contributed by atoms with Crippen LogP contribution in [-0.4, -0.2) is 23.5 Å². The lowest BCUT2D eigenvalue weighted by molar-refractivity contribution is -0.385. The second-order valence-electron chi connectivity index (χ2n) is 5.61. The number of aryl methyl sites for hydroxylation is 1. The van der Waals surface area contributed by atoms with Crippen LogP contribution in [0, 0.1) is 28.4 Å². The summed E-state index contributed by atoms with van der Waals surface area (Å²) < 4.78 is 10.0. The van der Waals surface area contributed by atoms with Crippen molar-refractivity contribution in [1.82, 2.24) is 0 Å². The third-order valence-corrected chi connectivity index (χ3v) is 3.64. The number of ether oxygens (including phenoxy) is 2. The molecule has 0 radical (unpaired) electrons. The van der Waals surface area contributed by atoms with Gasteiger partial charge in [0.2, 0.25) is 0 Å². The van der Waals surface area contributed by atoms with Gasteiger partial charge in [-0.05, 0) is 43.7 Å². The third-order valence-electron chi connectivity index (χ3n) is 3.64. The number of carbonyl (C=O) groups is 2. The molecule has 0 saturated heterocycles. The summed E-state index contributed by atoms with van der Waals surface area (Å²) in [5.41, 5.74) is 0.530. The molecule has 2 aromatic rings. The van der Waals surface area contributed by atoms with E-state index in [-0.39, 0.29) is 29.2 Å². The van der Waals surface area contributed by atoms with E-state index < -0.39 is 16.9 Å². The first kappa shape index (κ1) is 20.3. The van der Waals surface area contributed by atoms with Gasteiger partial charge >= 0.3 is 11.9 Å². The maximum Gasteiger partial charge on any atom is 0.348 e. The van der Waals surface area contributed by atoms with Gasteiger partial charge in [-0.2, -0.15) is 5.26 Å². The van der Waals surface area contributed by atoms with Crippen LogP contribution in [0.3, 0.4) is 0 Å². The lowest BCUT2D eigenvalue weighted by atomic mass is 10.1. The van der Waals surface area contributed by atoms with Crippen molar-refractivity contribution in [3.05, 3.63) is 74.8 Å². The molecule has 2 aromatic carbocycles. The van der Waals surface area contributed by atoms with Crippen LogP contribution in [-0.2, 0) is 9.53 Å². The van der Waals surface area contributed by atoms with Crippen molar-refractivity contribution < 1.29 is 24.0 Å². The number of nitriles is 1. The van der Waals surface area contributed by atoms with Gasteiger partial charge in [0.25, 0.3) is 5.69 Å². The van der Waals surface area contributed by atoms with Crippen LogP contribution < -0.4 is 4.74 Å². The molecule has 0 saturated carbocycles. The van der Waals surface area contributed by atoms with E-state index in [4.69, 9.17) is 14.7 Å². The van der Waals surface area contributed by atoms with Crippen LogP contribution in [0.5, 0.6) is 5.75 Å². The predicted octanol–water partition coefficient (Wildman–Crippen LogP) is 3.59. The Hall–Kier alpha value is -3.99. The van der Waals surface area contributed by atoms with Crippen LogP contribution in [0.2, 0.25) is 0 Å². The number of nitrogens with zero attached hydrogens (tertiary/aromatic N) is 2. The van der Waals surface area contributed by atoms with Crippen molar-refractivity contribution in [2.75, 3.05) is 6.61 Å². The van der Waals surface area contributed by atoms with Crippen LogP contribution in [0.1, 0.15) is 28.4 Å². The Kier molecular flexibility index (Phi) is 6.60. The van der Waals surface area contributed by atoms with Gasteiger partial charge in [0.1, 0.15) is 17.4 Å².